The van der Waals surface area contributed by atoms with Crippen LogP contribution in [-0.4, -0.2) is 29.0 Å². The summed E-state index contributed by atoms with van der Waals surface area (Å²) in [5.41, 5.74) is 2.57. The van der Waals surface area contributed by atoms with Gasteiger partial charge in [0, 0.05) is 22.4 Å². The van der Waals surface area contributed by atoms with Crippen LogP contribution in [0, 0.1) is 13.8 Å². The number of alkyl halides is 3. The van der Waals surface area contributed by atoms with Gasteiger partial charge in [-0.15, -0.1) is 11.8 Å². The van der Waals surface area contributed by atoms with Crippen molar-refractivity contribution in [1.29, 1.82) is 0 Å². The smallest absolute Gasteiger partial charge is 0.416 e. The first kappa shape index (κ1) is 23.7. The second kappa shape index (κ2) is 10.1. The quantitative estimate of drug-likeness (QED) is 0.314. The summed E-state index contributed by atoms with van der Waals surface area (Å²) in [6.07, 6.45) is -2.54. The minimum atomic E-state index is -4.36. The molecule has 0 saturated heterocycles. The predicted octanol–water partition coefficient (Wildman–Crippen LogP) is 5.74. The Kier molecular flexibility index (Phi) is 7.50. The topological polar surface area (TPSA) is 53.4 Å². The zero-order valence-electron chi connectivity index (χ0n) is 17.9. The Hall–Kier alpha value is -2.94. The highest BCUT2D eigenvalue weighted by Crippen LogP contribution is 2.31. The molecule has 0 fully saturated rings. The van der Waals surface area contributed by atoms with Gasteiger partial charge in [-0.3, -0.25) is 0 Å². The van der Waals surface area contributed by atoms with E-state index in [0.29, 0.717) is 23.8 Å². The predicted molar refractivity (Wildman–Crippen MR) is 116 cm³/mol. The summed E-state index contributed by atoms with van der Waals surface area (Å²) >= 11 is 1.61. The third-order valence-corrected chi connectivity index (χ3v) is 5.69. The lowest BCUT2D eigenvalue weighted by Gasteiger charge is -2.10. The van der Waals surface area contributed by atoms with Crippen LogP contribution in [0.2, 0.25) is 0 Å². The monoisotopic (exact) mass is 464 g/mol. The van der Waals surface area contributed by atoms with Crippen LogP contribution >= 0.6 is 11.8 Å². The van der Waals surface area contributed by atoms with Gasteiger partial charge in [-0.1, -0.05) is 0 Å². The van der Waals surface area contributed by atoms with Crippen LogP contribution in [-0.2, 0) is 21.5 Å². The maximum atomic E-state index is 12.8. The van der Waals surface area contributed by atoms with Crippen molar-refractivity contribution in [2.24, 2.45) is 0 Å². The highest BCUT2D eigenvalue weighted by atomic mass is 32.2. The SMILES string of the molecule is CCOC(=O)COc1ccc(SCc2cn(-c3ccc(C(F)(F)F)cc3)nc2C)cc1C. The Bertz CT molecular complexity index is 1080. The molecule has 2 aromatic carbocycles. The minimum Gasteiger partial charge on any atom is -0.482 e. The lowest BCUT2D eigenvalue weighted by molar-refractivity contribution is -0.145. The van der Waals surface area contributed by atoms with Gasteiger partial charge in [0.25, 0.3) is 0 Å². The number of carbonyl (C=O) groups is 1. The number of benzene rings is 2. The Balaban J connectivity index is 1.63. The molecule has 0 atom stereocenters. The molecule has 0 spiro atoms. The average molecular weight is 465 g/mol. The van der Waals surface area contributed by atoms with E-state index in [1.807, 2.05) is 38.2 Å². The fourth-order valence-electron chi connectivity index (χ4n) is 2.95. The maximum absolute atomic E-state index is 12.8. The van der Waals surface area contributed by atoms with E-state index < -0.39 is 17.7 Å². The number of aromatic nitrogens is 2. The van der Waals surface area contributed by atoms with Crippen molar-refractivity contribution in [3.8, 4) is 11.4 Å². The lowest BCUT2D eigenvalue weighted by atomic mass is 10.2. The van der Waals surface area contributed by atoms with Crippen LogP contribution in [0.5, 0.6) is 5.75 Å². The standard InChI is InChI=1S/C23H23F3N2O3S/c1-4-30-22(29)13-31-21-10-9-20(11-15(21)2)32-14-17-12-28(27-16(17)3)19-7-5-18(6-8-19)23(24,25)26/h5-12H,4,13-14H2,1-3H3. The van der Waals surface area contributed by atoms with Crippen LogP contribution in [0.1, 0.15) is 29.3 Å². The highest BCUT2D eigenvalue weighted by Gasteiger charge is 2.30. The first-order valence-corrected chi connectivity index (χ1v) is 10.9. The molecule has 9 heteroatoms. The van der Waals surface area contributed by atoms with E-state index >= 15 is 0 Å². The number of hydrogen-bond acceptors (Lipinski definition) is 5. The number of carbonyl (C=O) groups excluding carboxylic acids is 1. The van der Waals surface area contributed by atoms with Gasteiger partial charge in [-0.25, -0.2) is 9.48 Å². The molecule has 0 aliphatic rings. The van der Waals surface area contributed by atoms with E-state index in [1.165, 1.54) is 12.1 Å². The Morgan fingerprint density at radius 1 is 1.12 bits per heavy atom. The molecule has 170 valence electrons. The van der Waals surface area contributed by atoms with E-state index in [4.69, 9.17) is 9.47 Å². The first-order chi connectivity index (χ1) is 15.2. The Morgan fingerprint density at radius 2 is 1.84 bits per heavy atom. The number of thioether (sulfide) groups is 1. The zero-order chi connectivity index (χ0) is 23.3. The second-order valence-electron chi connectivity index (χ2n) is 7.04. The molecule has 0 saturated carbocycles. The van der Waals surface area contributed by atoms with Gasteiger partial charge in [-0.05, 0) is 68.8 Å². The Labute approximate surface area is 188 Å². The van der Waals surface area contributed by atoms with Crippen molar-refractivity contribution >= 4 is 17.7 Å². The van der Waals surface area contributed by atoms with E-state index in [-0.39, 0.29) is 6.61 Å². The van der Waals surface area contributed by atoms with E-state index in [0.717, 1.165) is 33.8 Å². The summed E-state index contributed by atoms with van der Waals surface area (Å²) in [6, 6.07) is 10.6. The van der Waals surface area contributed by atoms with E-state index in [9.17, 15) is 18.0 Å². The Morgan fingerprint density at radius 3 is 2.47 bits per heavy atom. The van der Waals surface area contributed by atoms with Crippen LogP contribution in [0.25, 0.3) is 5.69 Å². The summed E-state index contributed by atoms with van der Waals surface area (Å²) in [7, 11) is 0. The maximum Gasteiger partial charge on any atom is 0.416 e. The van der Waals surface area contributed by atoms with Gasteiger partial charge in [0.1, 0.15) is 5.75 Å². The van der Waals surface area contributed by atoms with Gasteiger partial charge < -0.3 is 9.47 Å². The number of aryl methyl sites for hydroxylation is 2. The van der Waals surface area contributed by atoms with E-state index in [1.54, 1.807) is 23.4 Å². The van der Waals surface area contributed by atoms with E-state index in [2.05, 4.69) is 5.10 Å². The normalized spacial score (nSPS) is 11.4. The summed E-state index contributed by atoms with van der Waals surface area (Å²) < 4.78 is 50.2. The van der Waals surface area contributed by atoms with Crippen molar-refractivity contribution in [2.75, 3.05) is 13.2 Å². The van der Waals surface area contributed by atoms with Gasteiger partial charge in [0.2, 0.25) is 0 Å². The van der Waals surface area contributed by atoms with Crippen LogP contribution in [0.3, 0.4) is 0 Å². The molecular formula is C23H23F3N2O3S. The number of halogens is 3. The number of esters is 1. The number of nitrogens with zero attached hydrogens (tertiary/aromatic N) is 2. The molecule has 0 unspecified atom stereocenters. The van der Waals surface area contributed by atoms with Gasteiger partial charge in [0.15, 0.2) is 6.61 Å². The summed E-state index contributed by atoms with van der Waals surface area (Å²) in [5, 5.41) is 4.43. The molecule has 1 heterocycles. The molecule has 5 nitrogen and oxygen atoms in total. The number of ether oxygens (including phenoxy) is 2. The van der Waals surface area contributed by atoms with Crippen molar-refractivity contribution < 1.29 is 27.4 Å². The van der Waals surface area contributed by atoms with Crippen molar-refractivity contribution in [3.05, 3.63) is 71.0 Å². The molecule has 1 aromatic heterocycles. The fourth-order valence-corrected chi connectivity index (χ4v) is 3.98. The summed E-state index contributed by atoms with van der Waals surface area (Å²) in [6.45, 7) is 5.69. The largest absolute Gasteiger partial charge is 0.482 e. The molecule has 0 radical (unpaired) electrons. The van der Waals surface area contributed by atoms with Gasteiger partial charge in [-0.2, -0.15) is 18.3 Å². The van der Waals surface area contributed by atoms with Crippen molar-refractivity contribution in [2.45, 2.75) is 37.6 Å². The molecule has 0 bridgehead atoms. The molecule has 32 heavy (non-hydrogen) atoms. The second-order valence-corrected chi connectivity index (χ2v) is 8.09. The third kappa shape index (κ3) is 6.06. The molecule has 0 N–H and O–H groups in total. The summed E-state index contributed by atoms with van der Waals surface area (Å²) in [4.78, 5) is 12.5. The van der Waals surface area contributed by atoms with Crippen molar-refractivity contribution in [3.63, 3.8) is 0 Å². The molecular weight excluding hydrogens is 441 g/mol. The highest BCUT2D eigenvalue weighted by molar-refractivity contribution is 7.98. The van der Waals surface area contributed by atoms with Crippen molar-refractivity contribution in [1.82, 2.24) is 9.78 Å². The number of hydrogen-bond donors (Lipinski definition) is 0. The molecule has 0 amide bonds. The lowest BCUT2D eigenvalue weighted by Crippen LogP contribution is -2.14. The molecule has 3 aromatic rings. The molecule has 0 aliphatic heterocycles. The number of rotatable bonds is 8. The van der Waals surface area contributed by atoms with Crippen LogP contribution < -0.4 is 4.74 Å². The zero-order valence-corrected chi connectivity index (χ0v) is 18.7. The third-order valence-electron chi connectivity index (χ3n) is 4.65. The van der Waals surface area contributed by atoms with Crippen LogP contribution in [0.4, 0.5) is 13.2 Å². The fraction of sp³-hybridized carbons (Fsp3) is 0.304. The summed E-state index contributed by atoms with van der Waals surface area (Å²) in [5.74, 6) is 0.856. The average Bonchev–Trinajstić information content (AvgIpc) is 3.12. The minimum absolute atomic E-state index is 0.135. The molecule has 0 aliphatic carbocycles. The molecule has 3 rings (SSSR count). The van der Waals surface area contributed by atoms with Crippen LogP contribution in [0.15, 0.2) is 53.6 Å². The van der Waals surface area contributed by atoms with Gasteiger partial charge >= 0.3 is 12.1 Å². The first-order valence-electron chi connectivity index (χ1n) is 9.92. The van der Waals surface area contributed by atoms with Gasteiger partial charge in [0.05, 0.1) is 23.6 Å².